The number of likely N-dealkylation sites (tertiary alicyclic amines) is 1. The predicted octanol–water partition coefficient (Wildman–Crippen LogP) is 3.57. The first-order valence-electron chi connectivity index (χ1n) is 9.63. The van der Waals surface area contributed by atoms with E-state index in [1.165, 1.54) is 22.3 Å². The van der Waals surface area contributed by atoms with Crippen LogP contribution < -0.4 is 5.32 Å². The highest BCUT2D eigenvalue weighted by molar-refractivity contribution is 5.79. The van der Waals surface area contributed by atoms with E-state index < -0.39 is 6.17 Å². The molecule has 5 heteroatoms. The summed E-state index contributed by atoms with van der Waals surface area (Å²) in [6.07, 6.45) is -0.432. The average molecular weight is 366 g/mol. The normalized spacial score (nSPS) is 22.9. The molecule has 1 atom stereocenters. The summed E-state index contributed by atoms with van der Waals surface area (Å²) in [6.45, 7) is 2.45. The average Bonchev–Trinajstić information content (AvgIpc) is 2.99. The highest BCUT2D eigenvalue weighted by Crippen LogP contribution is 2.45. The van der Waals surface area contributed by atoms with Crippen molar-refractivity contribution in [2.45, 2.75) is 18.5 Å². The molecule has 0 saturated carbocycles. The maximum Gasteiger partial charge on any atom is 0.409 e. The second-order valence-corrected chi connectivity index (χ2v) is 7.94. The van der Waals surface area contributed by atoms with E-state index in [0.29, 0.717) is 26.2 Å². The third-order valence-corrected chi connectivity index (χ3v) is 6.39. The molecule has 4 nitrogen and oxygen atoms in total. The fourth-order valence-corrected chi connectivity index (χ4v) is 4.82. The van der Waals surface area contributed by atoms with Gasteiger partial charge in [-0.05, 0) is 35.2 Å². The molecule has 2 saturated heterocycles. The lowest BCUT2D eigenvalue weighted by Crippen LogP contribution is -2.66. The van der Waals surface area contributed by atoms with Crippen LogP contribution in [-0.4, -0.2) is 50.0 Å². The number of halogens is 1. The van der Waals surface area contributed by atoms with Gasteiger partial charge in [0.15, 0.2) is 0 Å². The quantitative estimate of drug-likeness (QED) is 0.884. The zero-order valence-electron chi connectivity index (χ0n) is 15.2. The Morgan fingerprint density at radius 3 is 2.37 bits per heavy atom. The molecule has 2 aliphatic heterocycles. The Labute approximate surface area is 158 Å². The molecule has 0 radical (unpaired) electrons. The van der Waals surface area contributed by atoms with Gasteiger partial charge in [0, 0.05) is 31.0 Å². The maximum absolute atomic E-state index is 14.2. The molecular weight excluding hydrogens is 343 g/mol. The summed E-state index contributed by atoms with van der Waals surface area (Å²) in [7, 11) is 0. The van der Waals surface area contributed by atoms with Crippen LogP contribution in [0.1, 0.15) is 23.5 Å². The molecule has 0 aromatic heterocycles. The number of amides is 1. The van der Waals surface area contributed by atoms with E-state index in [9.17, 15) is 9.18 Å². The van der Waals surface area contributed by atoms with E-state index in [4.69, 9.17) is 4.74 Å². The number of fused-ring (bicyclic) bond motifs is 3. The largest absolute Gasteiger partial charge is 0.448 e. The van der Waals surface area contributed by atoms with E-state index in [1.807, 2.05) is 24.3 Å². The molecule has 3 aliphatic rings. The molecule has 1 aliphatic carbocycles. The van der Waals surface area contributed by atoms with Gasteiger partial charge >= 0.3 is 6.09 Å². The zero-order chi connectivity index (χ0) is 18.4. The van der Waals surface area contributed by atoms with Crippen molar-refractivity contribution in [3.8, 4) is 11.1 Å². The van der Waals surface area contributed by atoms with Crippen molar-refractivity contribution in [3.63, 3.8) is 0 Å². The van der Waals surface area contributed by atoms with E-state index >= 15 is 0 Å². The SMILES string of the molecule is O=C(OCC1c2ccccc2-c2ccccc21)N1CC2(CCNCC2F)C1. The first-order chi connectivity index (χ1) is 13.2. The van der Waals surface area contributed by atoms with Gasteiger partial charge in [-0.3, -0.25) is 0 Å². The van der Waals surface area contributed by atoms with Crippen LogP contribution in [0.25, 0.3) is 11.1 Å². The minimum absolute atomic E-state index is 0.0596. The van der Waals surface area contributed by atoms with Crippen molar-refractivity contribution in [3.05, 3.63) is 59.7 Å². The Bertz CT molecular complexity index is 833. The van der Waals surface area contributed by atoms with Gasteiger partial charge in [0.2, 0.25) is 0 Å². The van der Waals surface area contributed by atoms with E-state index in [2.05, 4.69) is 29.6 Å². The van der Waals surface area contributed by atoms with Crippen LogP contribution in [0.2, 0.25) is 0 Å². The standard InChI is InChI=1S/C22H23FN2O2/c23-20-11-24-10-9-22(20)13-25(14-22)21(26)27-12-19-17-7-3-1-5-15(17)16-6-2-4-8-18(16)19/h1-8,19-20,24H,9-14H2. The van der Waals surface area contributed by atoms with E-state index in [0.717, 1.165) is 13.0 Å². The zero-order valence-corrected chi connectivity index (χ0v) is 15.2. The molecule has 1 N–H and O–H groups in total. The number of nitrogens with zero attached hydrogens (tertiary/aromatic N) is 1. The number of nitrogens with one attached hydrogen (secondary N) is 1. The van der Waals surface area contributed by atoms with Crippen LogP contribution in [0.3, 0.4) is 0 Å². The number of ether oxygens (including phenoxy) is 1. The third-order valence-electron chi connectivity index (χ3n) is 6.39. The minimum Gasteiger partial charge on any atom is -0.448 e. The van der Waals surface area contributed by atoms with Gasteiger partial charge < -0.3 is 15.0 Å². The molecule has 1 unspecified atom stereocenters. The lowest BCUT2D eigenvalue weighted by molar-refractivity contribution is -0.0685. The van der Waals surface area contributed by atoms with Crippen LogP contribution >= 0.6 is 0 Å². The number of alkyl halides is 1. The van der Waals surface area contributed by atoms with Gasteiger partial charge in [0.25, 0.3) is 0 Å². The summed E-state index contributed by atoms with van der Waals surface area (Å²) >= 11 is 0. The van der Waals surface area contributed by atoms with Crippen molar-refractivity contribution in [2.24, 2.45) is 5.41 Å². The molecule has 2 aromatic rings. The summed E-state index contributed by atoms with van der Waals surface area (Å²) in [6, 6.07) is 16.6. The smallest absolute Gasteiger partial charge is 0.409 e. The first kappa shape index (κ1) is 16.8. The number of piperidine rings is 1. The van der Waals surface area contributed by atoms with Crippen molar-refractivity contribution in [1.29, 1.82) is 0 Å². The maximum atomic E-state index is 14.2. The lowest BCUT2D eigenvalue weighted by atomic mass is 9.71. The monoisotopic (exact) mass is 366 g/mol. The summed E-state index contributed by atoms with van der Waals surface area (Å²) in [5, 5.41) is 3.07. The molecule has 140 valence electrons. The van der Waals surface area contributed by atoms with Gasteiger partial charge in [-0.15, -0.1) is 0 Å². The van der Waals surface area contributed by atoms with E-state index in [1.54, 1.807) is 4.90 Å². The lowest BCUT2D eigenvalue weighted by Gasteiger charge is -2.53. The topological polar surface area (TPSA) is 41.6 Å². The van der Waals surface area contributed by atoms with Gasteiger partial charge in [-0.1, -0.05) is 48.5 Å². The summed E-state index contributed by atoms with van der Waals surface area (Å²) in [5.41, 5.74) is 4.47. The Balaban J connectivity index is 1.27. The molecular formula is C22H23FN2O2. The van der Waals surface area contributed by atoms with Crippen molar-refractivity contribution in [1.82, 2.24) is 10.2 Å². The molecule has 2 heterocycles. The Morgan fingerprint density at radius 2 is 1.74 bits per heavy atom. The summed E-state index contributed by atoms with van der Waals surface area (Å²) in [4.78, 5) is 14.1. The number of carbonyl (C=O) groups excluding carboxylic acids is 1. The van der Waals surface area contributed by atoms with Gasteiger partial charge in [0.1, 0.15) is 12.8 Å². The van der Waals surface area contributed by atoms with Crippen LogP contribution in [0.15, 0.2) is 48.5 Å². The van der Waals surface area contributed by atoms with E-state index in [-0.39, 0.29) is 17.4 Å². The van der Waals surface area contributed by atoms with Crippen molar-refractivity contribution >= 4 is 6.09 Å². The van der Waals surface area contributed by atoms with Gasteiger partial charge in [-0.25, -0.2) is 9.18 Å². The molecule has 27 heavy (non-hydrogen) atoms. The molecule has 1 amide bonds. The predicted molar refractivity (Wildman–Crippen MR) is 101 cm³/mol. The number of benzene rings is 2. The van der Waals surface area contributed by atoms with Crippen LogP contribution in [-0.2, 0) is 4.74 Å². The summed E-state index contributed by atoms with van der Waals surface area (Å²) < 4.78 is 19.9. The van der Waals surface area contributed by atoms with Gasteiger partial charge in [-0.2, -0.15) is 0 Å². The molecule has 1 spiro atoms. The van der Waals surface area contributed by atoms with Crippen LogP contribution in [0.4, 0.5) is 9.18 Å². The number of rotatable bonds is 2. The summed E-state index contributed by atoms with van der Waals surface area (Å²) in [5.74, 6) is 0.0596. The second kappa shape index (κ2) is 6.34. The fraction of sp³-hybridized carbons (Fsp3) is 0.409. The minimum atomic E-state index is -0.885. The number of hydrogen-bond acceptors (Lipinski definition) is 3. The fourth-order valence-electron chi connectivity index (χ4n) is 4.82. The molecule has 2 aromatic carbocycles. The third kappa shape index (κ3) is 2.64. The van der Waals surface area contributed by atoms with Gasteiger partial charge in [0.05, 0.1) is 0 Å². The molecule has 2 fully saturated rings. The Hall–Kier alpha value is -2.40. The second-order valence-electron chi connectivity index (χ2n) is 7.94. The highest BCUT2D eigenvalue weighted by Gasteiger charge is 2.52. The number of hydrogen-bond donors (Lipinski definition) is 1. The van der Waals surface area contributed by atoms with Crippen molar-refractivity contribution in [2.75, 3.05) is 32.8 Å². The Morgan fingerprint density at radius 1 is 1.11 bits per heavy atom. The molecule has 0 bridgehead atoms. The Kier molecular flexibility index (Phi) is 3.93. The van der Waals surface area contributed by atoms with Crippen LogP contribution in [0.5, 0.6) is 0 Å². The molecule has 5 rings (SSSR count). The van der Waals surface area contributed by atoms with Crippen molar-refractivity contribution < 1.29 is 13.9 Å². The number of carbonyl (C=O) groups is 1. The first-order valence-corrected chi connectivity index (χ1v) is 9.63. The van der Waals surface area contributed by atoms with Crippen LogP contribution in [0, 0.1) is 5.41 Å². The highest BCUT2D eigenvalue weighted by atomic mass is 19.1.